The Morgan fingerprint density at radius 3 is 1.91 bits per heavy atom. The summed E-state index contributed by atoms with van der Waals surface area (Å²) in [5.74, 6) is 0. The van der Waals surface area contributed by atoms with Crippen LogP contribution in [0.5, 0.6) is 0 Å². The summed E-state index contributed by atoms with van der Waals surface area (Å²) in [5.41, 5.74) is 1.88. The SMILES string of the molecule is O=S(=O)(O)O.O=[N+](O)c1ccccc1C(S)c1ccccc1. The second-order valence-electron chi connectivity index (χ2n) is 4.09. The van der Waals surface area contributed by atoms with Crippen molar-refractivity contribution in [3.63, 3.8) is 0 Å². The van der Waals surface area contributed by atoms with Gasteiger partial charge in [-0.05, 0) is 5.56 Å². The van der Waals surface area contributed by atoms with Gasteiger partial charge in [-0.1, -0.05) is 48.5 Å². The lowest BCUT2D eigenvalue weighted by atomic mass is 10.0. The Kier molecular flexibility index (Phi) is 6.50. The summed E-state index contributed by atoms with van der Waals surface area (Å²) in [5, 5.41) is 8.80. The van der Waals surface area contributed by atoms with Crippen molar-refractivity contribution in [1.82, 2.24) is 0 Å². The zero-order chi connectivity index (χ0) is 16.8. The number of benzene rings is 2. The summed E-state index contributed by atoms with van der Waals surface area (Å²) < 4.78 is 31.6. The van der Waals surface area contributed by atoms with Gasteiger partial charge in [0.25, 0.3) is 4.92 Å². The molecule has 1 atom stereocenters. The van der Waals surface area contributed by atoms with Gasteiger partial charge < -0.3 is 0 Å². The number of para-hydroxylation sites is 1. The van der Waals surface area contributed by atoms with Crippen LogP contribution in [-0.4, -0.2) is 27.7 Å². The maximum absolute atomic E-state index is 11.0. The van der Waals surface area contributed by atoms with Crippen molar-refractivity contribution in [3.8, 4) is 0 Å². The van der Waals surface area contributed by atoms with Gasteiger partial charge in [0.2, 0.25) is 0 Å². The third-order valence-corrected chi connectivity index (χ3v) is 3.13. The molecule has 0 heterocycles. The van der Waals surface area contributed by atoms with E-state index in [1.54, 1.807) is 18.2 Å². The third kappa shape index (κ3) is 6.22. The van der Waals surface area contributed by atoms with Crippen molar-refractivity contribution in [1.29, 1.82) is 0 Å². The molecule has 9 heteroatoms. The van der Waals surface area contributed by atoms with Gasteiger partial charge in [0, 0.05) is 6.07 Å². The zero-order valence-electron chi connectivity index (χ0n) is 11.1. The number of thiol groups is 1. The fourth-order valence-corrected chi connectivity index (χ4v) is 2.10. The van der Waals surface area contributed by atoms with Crippen LogP contribution in [0.4, 0.5) is 5.69 Å². The molecule has 3 N–H and O–H groups in total. The summed E-state index contributed by atoms with van der Waals surface area (Å²) in [6, 6.07) is 16.5. The van der Waals surface area contributed by atoms with Crippen LogP contribution < -0.4 is 0 Å². The van der Waals surface area contributed by atoms with E-state index >= 15 is 0 Å². The Hall–Kier alpha value is -1.94. The van der Waals surface area contributed by atoms with Gasteiger partial charge >= 0.3 is 16.1 Å². The molecule has 0 amide bonds. The molecular formula is C13H14NO6S2+. The Labute approximate surface area is 132 Å². The second-order valence-corrected chi connectivity index (χ2v) is 5.50. The molecule has 2 aromatic carbocycles. The van der Waals surface area contributed by atoms with Crippen LogP contribution in [-0.2, 0) is 10.4 Å². The largest absolute Gasteiger partial charge is 0.394 e. The highest BCUT2D eigenvalue weighted by atomic mass is 32.3. The molecule has 0 saturated heterocycles. The van der Waals surface area contributed by atoms with E-state index in [2.05, 4.69) is 12.6 Å². The van der Waals surface area contributed by atoms with Gasteiger partial charge in [-0.25, -0.2) is 5.21 Å². The van der Waals surface area contributed by atoms with Crippen LogP contribution in [0.2, 0.25) is 0 Å². The molecule has 118 valence electrons. The summed E-state index contributed by atoms with van der Waals surface area (Å²) in [7, 11) is -4.67. The summed E-state index contributed by atoms with van der Waals surface area (Å²) in [6.07, 6.45) is 0. The first kappa shape index (κ1) is 18.1. The lowest BCUT2D eigenvalue weighted by Gasteiger charge is -2.10. The van der Waals surface area contributed by atoms with Crippen molar-refractivity contribution in [2.45, 2.75) is 5.25 Å². The molecule has 0 spiro atoms. The number of hydrogen-bond acceptors (Lipinski definition) is 4. The van der Waals surface area contributed by atoms with Crippen LogP contribution in [0.25, 0.3) is 0 Å². The van der Waals surface area contributed by atoms with Crippen LogP contribution in [0.1, 0.15) is 16.4 Å². The van der Waals surface area contributed by atoms with Crippen LogP contribution in [0, 0.1) is 4.91 Å². The maximum Gasteiger partial charge on any atom is 0.394 e. The van der Waals surface area contributed by atoms with Gasteiger partial charge in [-0.2, -0.15) is 21.0 Å². The monoisotopic (exact) mass is 344 g/mol. The highest BCUT2D eigenvalue weighted by molar-refractivity contribution is 7.80. The number of rotatable bonds is 3. The molecule has 0 fully saturated rings. The van der Waals surface area contributed by atoms with E-state index in [1.165, 1.54) is 0 Å². The quantitative estimate of drug-likeness (QED) is 0.387. The minimum atomic E-state index is -4.67. The lowest BCUT2D eigenvalue weighted by molar-refractivity contribution is -0.730. The molecule has 0 saturated carbocycles. The van der Waals surface area contributed by atoms with E-state index < -0.39 is 10.4 Å². The molecule has 0 aliphatic carbocycles. The minimum absolute atomic E-state index is 0.124. The predicted octanol–water partition coefficient (Wildman–Crippen LogP) is 2.85. The van der Waals surface area contributed by atoms with Crippen LogP contribution in [0.3, 0.4) is 0 Å². The Bertz CT molecular complexity index is 725. The first-order valence-corrected chi connectivity index (χ1v) is 7.79. The Morgan fingerprint density at radius 1 is 0.955 bits per heavy atom. The maximum atomic E-state index is 11.0. The van der Waals surface area contributed by atoms with Crippen molar-refractivity contribution < 1.29 is 27.7 Å². The van der Waals surface area contributed by atoms with E-state index in [1.807, 2.05) is 36.4 Å². The smallest absolute Gasteiger partial charge is 0.264 e. The Balaban J connectivity index is 0.000000422. The lowest BCUT2D eigenvalue weighted by Crippen LogP contribution is -2.00. The van der Waals surface area contributed by atoms with Crippen molar-refractivity contribution in [2.75, 3.05) is 0 Å². The molecule has 1 unspecified atom stereocenters. The van der Waals surface area contributed by atoms with Gasteiger partial charge in [0.05, 0.1) is 15.7 Å². The van der Waals surface area contributed by atoms with Crippen molar-refractivity contribution >= 4 is 28.7 Å². The molecule has 0 bridgehead atoms. The highest BCUT2D eigenvalue weighted by Gasteiger charge is 2.23. The van der Waals surface area contributed by atoms with Gasteiger partial charge in [0.1, 0.15) is 0 Å². The minimum Gasteiger partial charge on any atom is -0.264 e. The fourth-order valence-electron chi connectivity index (χ4n) is 1.71. The van der Waals surface area contributed by atoms with Crippen LogP contribution in [0.15, 0.2) is 54.6 Å². The molecule has 22 heavy (non-hydrogen) atoms. The molecule has 0 aromatic heterocycles. The van der Waals surface area contributed by atoms with E-state index in [0.29, 0.717) is 5.56 Å². The van der Waals surface area contributed by atoms with E-state index in [9.17, 15) is 4.91 Å². The average molecular weight is 344 g/mol. The summed E-state index contributed by atoms with van der Waals surface area (Å²) in [4.78, 5) is 10.9. The van der Waals surface area contributed by atoms with E-state index in [0.717, 1.165) is 5.56 Å². The molecule has 7 nitrogen and oxygen atoms in total. The van der Waals surface area contributed by atoms with E-state index in [-0.39, 0.29) is 15.9 Å². The highest BCUT2D eigenvalue weighted by Crippen LogP contribution is 2.33. The molecule has 0 aliphatic rings. The van der Waals surface area contributed by atoms with Gasteiger partial charge in [-0.3, -0.25) is 9.11 Å². The normalized spacial score (nSPS) is 12.0. The summed E-state index contributed by atoms with van der Waals surface area (Å²) in [6.45, 7) is 0. The van der Waals surface area contributed by atoms with E-state index in [4.69, 9.17) is 22.7 Å². The second kappa shape index (κ2) is 7.90. The molecular weight excluding hydrogens is 330 g/mol. The first-order chi connectivity index (χ1) is 10.2. The molecule has 2 aromatic rings. The molecule has 2 rings (SSSR count). The van der Waals surface area contributed by atoms with Gasteiger partial charge in [0.15, 0.2) is 0 Å². The molecule has 0 aliphatic heterocycles. The predicted molar refractivity (Wildman–Crippen MR) is 83.0 cm³/mol. The standard InChI is InChI=1S/C13H11NO2S.H2O4S/c15-14(16)12-9-5-4-8-11(12)13(17)10-6-2-1-3-7-10;1-5(2,3)4/h1-9,13H,(H-,15,16,17);(H2,1,2,3,4)/p+1. The van der Waals surface area contributed by atoms with Gasteiger partial charge in [-0.15, -0.1) is 0 Å². The average Bonchev–Trinajstić information content (AvgIpc) is 2.45. The fraction of sp³-hybridized carbons (Fsp3) is 0.0769. The topological polar surface area (TPSA) is 115 Å². The van der Waals surface area contributed by atoms with Crippen molar-refractivity contribution in [2.24, 2.45) is 0 Å². The zero-order valence-corrected chi connectivity index (χ0v) is 12.9. The van der Waals surface area contributed by atoms with Crippen LogP contribution >= 0.6 is 12.6 Å². The molecule has 0 radical (unpaired) electrons. The first-order valence-electron chi connectivity index (χ1n) is 5.88. The Morgan fingerprint density at radius 2 is 1.41 bits per heavy atom. The van der Waals surface area contributed by atoms with Crippen molar-refractivity contribution in [3.05, 3.63) is 70.6 Å². The third-order valence-electron chi connectivity index (χ3n) is 2.55. The summed E-state index contributed by atoms with van der Waals surface area (Å²) >= 11 is 4.50. The number of hydrogen-bond donors (Lipinski definition) is 4. The number of nitrogens with zero attached hydrogens (tertiary/aromatic N) is 1.